The summed E-state index contributed by atoms with van der Waals surface area (Å²) in [7, 11) is 0. The maximum atomic E-state index is 12.1. The largest absolute Gasteiger partial charge is 0.399 e. The molecular formula is C16H24N2O2. The van der Waals surface area contributed by atoms with Gasteiger partial charge in [0.15, 0.2) is 0 Å². The Morgan fingerprint density at radius 2 is 2.05 bits per heavy atom. The average Bonchev–Trinajstić information content (AvgIpc) is 2.47. The Labute approximate surface area is 120 Å². The SMILES string of the molecule is Cc1cc(C(=O)NCC2CCCCC2CO)ccc1N. The highest BCUT2D eigenvalue weighted by atomic mass is 16.3. The number of hydrogen-bond donors (Lipinski definition) is 3. The normalized spacial score (nSPS) is 22.5. The molecule has 1 aliphatic rings. The number of nitrogen functional groups attached to an aromatic ring is 1. The fourth-order valence-electron chi connectivity index (χ4n) is 2.94. The topological polar surface area (TPSA) is 75.3 Å². The first kappa shape index (κ1) is 14.9. The Morgan fingerprint density at radius 3 is 2.70 bits per heavy atom. The Kier molecular flexibility index (Phi) is 5.01. The van der Waals surface area contributed by atoms with Crippen LogP contribution in [0, 0.1) is 18.8 Å². The van der Waals surface area contributed by atoms with Gasteiger partial charge >= 0.3 is 0 Å². The van der Waals surface area contributed by atoms with E-state index >= 15 is 0 Å². The van der Waals surface area contributed by atoms with Crippen molar-refractivity contribution in [2.45, 2.75) is 32.6 Å². The molecule has 2 rings (SSSR count). The van der Waals surface area contributed by atoms with Gasteiger partial charge in [-0.2, -0.15) is 0 Å². The summed E-state index contributed by atoms with van der Waals surface area (Å²) in [6, 6.07) is 5.33. The van der Waals surface area contributed by atoms with E-state index in [1.807, 2.05) is 13.0 Å². The number of nitrogens with two attached hydrogens (primary N) is 1. The zero-order chi connectivity index (χ0) is 14.5. The van der Waals surface area contributed by atoms with E-state index in [2.05, 4.69) is 5.32 Å². The van der Waals surface area contributed by atoms with Crippen molar-refractivity contribution in [3.63, 3.8) is 0 Å². The highest BCUT2D eigenvalue weighted by Gasteiger charge is 2.24. The lowest BCUT2D eigenvalue weighted by molar-refractivity contribution is 0.0909. The molecule has 20 heavy (non-hydrogen) atoms. The highest BCUT2D eigenvalue weighted by Crippen LogP contribution is 2.29. The lowest BCUT2D eigenvalue weighted by Gasteiger charge is -2.30. The van der Waals surface area contributed by atoms with Crippen molar-refractivity contribution in [1.82, 2.24) is 5.32 Å². The van der Waals surface area contributed by atoms with Crippen molar-refractivity contribution in [2.75, 3.05) is 18.9 Å². The van der Waals surface area contributed by atoms with Crippen LogP contribution < -0.4 is 11.1 Å². The molecule has 0 heterocycles. The number of anilines is 1. The lowest BCUT2D eigenvalue weighted by atomic mass is 9.79. The van der Waals surface area contributed by atoms with E-state index in [9.17, 15) is 9.90 Å². The Morgan fingerprint density at radius 1 is 1.35 bits per heavy atom. The van der Waals surface area contributed by atoms with Gasteiger partial charge in [-0.1, -0.05) is 12.8 Å². The third-order valence-electron chi connectivity index (χ3n) is 4.36. The molecule has 4 nitrogen and oxygen atoms in total. The van der Waals surface area contributed by atoms with Gasteiger partial charge in [0, 0.05) is 24.4 Å². The summed E-state index contributed by atoms with van der Waals surface area (Å²) in [6.07, 6.45) is 4.54. The molecule has 4 heteroatoms. The first-order valence-electron chi connectivity index (χ1n) is 7.37. The minimum atomic E-state index is -0.0598. The van der Waals surface area contributed by atoms with E-state index in [0.717, 1.165) is 18.4 Å². The van der Waals surface area contributed by atoms with Gasteiger partial charge in [-0.05, 0) is 55.4 Å². The number of aliphatic hydroxyl groups excluding tert-OH is 1. The minimum Gasteiger partial charge on any atom is -0.399 e. The molecule has 0 bridgehead atoms. The molecule has 1 amide bonds. The number of amides is 1. The number of carbonyl (C=O) groups is 1. The summed E-state index contributed by atoms with van der Waals surface area (Å²) in [6.45, 7) is 2.77. The van der Waals surface area contributed by atoms with Crippen molar-refractivity contribution in [3.8, 4) is 0 Å². The van der Waals surface area contributed by atoms with Crippen LogP contribution in [-0.4, -0.2) is 24.2 Å². The molecule has 0 aromatic heterocycles. The van der Waals surface area contributed by atoms with Crippen LogP contribution in [0.5, 0.6) is 0 Å². The number of rotatable bonds is 4. The highest BCUT2D eigenvalue weighted by molar-refractivity contribution is 5.94. The molecule has 1 aromatic carbocycles. The Balaban J connectivity index is 1.92. The molecule has 0 saturated heterocycles. The molecule has 2 atom stereocenters. The molecular weight excluding hydrogens is 252 g/mol. The van der Waals surface area contributed by atoms with Crippen molar-refractivity contribution in [1.29, 1.82) is 0 Å². The van der Waals surface area contributed by atoms with Crippen LogP contribution in [0.4, 0.5) is 5.69 Å². The van der Waals surface area contributed by atoms with Gasteiger partial charge in [0.25, 0.3) is 5.91 Å². The molecule has 4 N–H and O–H groups in total. The lowest BCUT2D eigenvalue weighted by Crippen LogP contribution is -2.35. The van der Waals surface area contributed by atoms with Crippen LogP contribution in [0.2, 0.25) is 0 Å². The maximum Gasteiger partial charge on any atom is 0.251 e. The van der Waals surface area contributed by atoms with Gasteiger partial charge in [0.05, 0.1) is 0 Å². The van der Waals surface area contributed by atoms with Crippen molar-refractivity contribution >= 4 is 11.6 Å². The predicted octanol–water partition coefficient (Wildman–Crippen LogP) is 2.11. The molecule has 1 aliphatic carbocycles. The van der Waals surface area contributed by atoms with Gasteiger partial charge in [0.1, 0.15) is 0 Å². The number of aliphatic hydroxyl groups is 1. The summed E-state index contributed by atoms with van der Waals surface area (Å²) >= 11 is 0. The summed E-state index contributed by atoms with van der Waals surface area (Å²) in [5.74, 6) is 0.667. The van der Waals surface area contributed by atoms with Gasteiger partial charge in [-0.15, -0.1) is 0 Å². The van der Waals surface area contributed by atoms with Crippen LogP contribution in [0.1, 0.15) is 41.6 Å². The van der Waals surface area contributed by atoms with Crippen molar-refractivity contribution < 1.29 is 9.90 Å². The van der Waals surface area contributed by atoms with E-state index in [4.69, 9.17) is 5.73 Å². The van der Waals surface area contributed by atoms with E-state index < -0.39 is 0 Å². The second-order valence-electron chi connectivity index (χ2n) is 5.77. The second kappa shape index (κ2) is 6.75. The number of carbonyl (C=O) groups excluding carboxylic acids is 1. The second-order valence-corrected chi connectivity index (χ2v) is 5.77. The summed E-state index contributed by atoms with van der Waals surface area (Å²) < 4.78 is 0. The molecule has 0 aliphatic heterocycles. The van der Waals surface area contributed by atoms with E-state index in [1.54, 1.807) is 12.1 Å². The average molecular weight is 276 g/mol. The molecule has 1 fully saturated rings. The number of benzene rings is 1. The van der Waals surface area contributed by atoms with Crippen LogP contribution in [-0.2, 0) is 0 Å². The first-order valence-corrected chi connectivity index (χ1v) is 7.37. The van der Waals surface area contributed by atoms with E-state index in [-0.39, 0.29) is 12.5 Å². The van der Waals surface area contributed by atoms with E-state index in [0.29, 0.717) is 29.6 Å². The molecule has 0 spiro atoms. The quantitative estimate of drug-likeness (QED) is 0.737. The molecule has 110 valence electrons. The summed E-state index contributed by atoms with van der Waals surface area (Å²) in [4.78, 5) is 12.1. The molecule has 1 aromatic rings. The van der Waals surface area contributed by atoms with Gasteiger partial charge in [-0.25, -0.2) is 0 Å². The fraction of sp³-hybridized carbons (Fsp3) is 0.562. The zero-order valence-electron chi connectivity index (χ0n) is 12.1. The molecule has 0 radical (unpaired) electrons. The third kappa shape index (κ3) is 3.51. The van der Waals surface area contributed by atoms with Crippen LogP contribution in [0.25, 0.3) is 0 Å². The number of aryl methyl sites for hydroxylation is 1. The van der Waals surface area contributed by atoms with Crippen LogP contribution in [0.3, 0.4) is 0 Å². The molecule has 2 unspecified atom stereocenters. The van der Waals surface area contributed by atoms with Crippen LogP contribution in [0.15, 0.2) is 18.2 Å². The van der Waals surface area contributed by atoms with E-state index in [1.165, 1.54) is 12.8 Å². The van der Waals surface area contributed by atoms with Crippen molar-refractivity contribution in [2.24, 2.45) is 11.8 Å². The molecule has 1 saturated carbocycles. The Bertz CT molecular complexity index is 474. The fourth-order valence-corrected chi connectivity index (χ4v) is 2.94. The number of hydrogen-bond acceptors (Lipinski definition) is 3. The predicted molar refractivity (Wildman–Crippen MR) is 80.5 cm³/mol. The standard InChI is InChI=1S/C16H24N2O2/c1-11-8-12(6-7-15(11)17)16(20)18-9-13-4-2-3-5-14(13)10-19/h6-8,13-14,19H,2-5,9-10,17H2,1H3,(H,18,20). The Hall–Kier alpha value is -1.55. The minimum absolute atomic E-state index is 0.0598. The monoisotopic (exact) mass is 276 g/mol. The third-order valence-corrected chi connectivity index (χ3v) is 4.36. The zero-order valence-corrected chi connectivity index (χ0v) is 12.1. The van der Waals surface area contributed by atoms with Gasteiger partial charge in [0.2, 0.25) is 0 Å². The van der Waals surface area contributed by atoms with Gasteiger partial charge in [-0.3, -0.25) is 4.79 Å². The van der Waals surface area contributed by atoms with Gasteiger partial charge < -0.3 is 16.2 Å². The van der Waals surface area contributed by atoms with Crippen LogP contribution >= 0.6 is 0 Å². The summed E-state index contributed by atoms with van der Waals surface area (Å²) in [5.41, 5.74) is 8.03. The van der Waals surface area contributed by atoms with Crippen molar-refractivity contribution in [3.05, 3.63) is 29.3 Å². The smallest absolute Gasteiger partial charge is 0.251 e. The number of nitrogens with one attached hydrogen (secondary N) is 1. The maximum absolute atomic E-state index is 12.1. The first-order chi connectivity index (χ1) is 9.61. The summed E-state index contributed by atoms with van der Waals surface area (Å²) in [5, 5.41) is 12.4.